The number of amides is 1. The van der Waals surface area contributed by atoms with E-state index >= 15 is 0 Å². The van der Waals surface area contributed by atoms with E-state index in [1.807, 2.05) is 19.1 Å². The van der Waals surface area contributed by atoms with Crippen LogP contribution in [0.3, 0.4) is 0 Å². The molecule has 1 N–H and O–H groups in total. The highest BCUT2D eigenvalue weighted by molar-refractivity contribution is 6.28. The lowest BCUT2D eigenvalue weighted by Crippen LogP contribution is -2.19. The zero-order valence-corrected chi connectivity index (χ0v) is 9.73. The van der Waals surface area contributed by atoms with Crippen LogP contribution in [0.15, 0.2) is 29.8 Å². The Labute approximate surface area is 99.2 Å². The van der Waals surface area contributed by atoms with Crippen molar-refractivity contribution in [3.63, 3.8) is 0 Å². The topological polar surface area (TPSA) is 57.6 Å². The number of hydrogen-bond acceptors (Lipinski definition) is 3. The lowest BCUT2D eigenvalue weighted by Gasteiger charge is -2.07. The molecule has 0 saturated carbocycles. The molecule has 1 heterocycles. The van der Waals surface area contributed by atoms with Crippen LogP contribution in [0.1, 0.15) is 11.1 Å². The van der Waals surface area contributed by atoms with Crippen LogP contribution < -0.4 is 0 Å². The van der Waals surface area contributed by atoms with Crippen LogP contribution in [0.25, 0.3) is 5.76 Å². The summed E-state index contributed by atoms with van der Waals surface area (Å²) in [6, 6.07) is 7.10. The van der Waals surface area contributed by atoms with E-state index in [0.29, 0.717) is 5.56 Å². The van der Waals surface area contributed by atoms with Gasteiger partial charge in [0.25, 0.3) is 5.91 Å². The third-order valence-corrected chi connectivity index (χ3v) is 2.86. The van der Waals surface area contributed by atoms with Gasteiger partial charge in [0.15, 0.2) is 5.78 Å². The Hall–Kier alpha value is -2.10. The first kappa shape index (κ1) is 11.4. The molecule has 88 valence electrons. The van der Waals surface area contributed by atoms with Gasteiger partial charge < -0.3 is 10.0 Å². The van der Waals surface area contributed by atoms with E-state index in [9.17, 15) is 14.7 Å². The van der Waals surface area contributed by atoms with Gasteiger partial charge in [0.1, 0.15) is 11.3 Å². The lowest BCUT2D eigenvalue weighted by molar-refractivity contribution is -0.123. The van der Waals surface area contributed by atoms with Gasteiger partial charge in [0.2, 0.25) is 0 Å². The fraction of sp³-hybridized carbons (Fsp3) is 0.231. The second-order valence-electron chi connectivity index (χ2n) is 4.12. The van der Waals surface area contributed by atoms with E-state index in [4.69, 9.17) is 0 Å². The summed E-state index contributed by atoms with van der Waals surface area (Å²) in [6.45, 7) is 1.85. The van der Waals surface area contributed by atoms with Crippen LogP contribution in [0.5, 0.6) is 0 Å². The highest BCUT2D eigenvalue weighted by Gasteiger charge is 2.34. The molecule has 0 atom stereocenters. The van der Waals surface area contributed by atoms with Crippen LogP contribution in [-0.4, -0.2) is 35.3 Å². The zero-order valence-electron chi connectivity index (χ0n) is 9.73. The summed E-state index contributed by atoms with van der Waals surface area (Å²) in [5.74, 6) is -0.976. The molecule has 1 aromatic carbocycles. The van der Waals surface area contributed by atoms with Crippen LogP contribution in [0.4, 0.5) is 0 Å². The third kappa shape index (κ3) is 1.82. The number of carbonyl (C=O) groups excluding carboxylic acids is 2. The van der Waals surface area contributed by atoms with Crippen molar-refractivity contribution in [3.8, 4) is 0 Å². The Kier molecular flexibility index (Phi) is 2.71. The average molecular weight is 231 g/mol. The van der Waals surface area contributed by atoms with Crippen molar-refractivity contribution in [2.24, 2.45) is 0 Å². The highest BCUT2D eigenvalue weighted by atomic mass is 16.3. The molecule has 4 nitrogen and oxygen atoms in total. The van der Waals surface area contributed by atoms with Crippen LogP contribution in [0.2, 0.25) is 0 Å². The van der Waals surface area contributed by atoms with E-state index < -0.39 is 5.91 Å². The van der Waals surface area contributed by atoms with Crippen molar-refractivity contribution in [3.05, 3.63) is 41.0 Å². The largest absolute Gasteiger partial charge is 0.506 e. The standard InChI is InChI=1S/C13H13NO3/c1-8-5-3-4-6-9(8)12(16)11-10(15)7-14(2)13(11)17/h3-6,16H,7H2,1-2H3/b12-11-. The SMILES string of the molecule is Cc1ccccc1/C(O)=C1\C(=O)CN(C)C1=O. The summed E-state index contributed by atoms with van der Waals surface area (Å²) in [5.41, 5.74) is 1.24. The number of aryl methyl sites for hydroxylation is 1. The number of Topliss-reactive ketones (excluding diaryl/α,β-unsaturated/α-hetero) is 1. The summed E-state index contributed by atoms with van der Waals surface area (Å²) in [5, 5.41) is 10.1. The zero-order chi connectivity index (χ0) is 12.6. The van der Waals surface area contributed by atoms with Gasteiger partial charge in [0, 0.05) is 12.6 Å². The number of aliphatic hydroxyl groups excluding tert-OH is 1. The second-order valence-corrected chi connectivity index (χ2v) is 4.12. The minimum Gasteiger partial charge on any atom is -0.506 e. The quantitative estimate of drug-likeness (QED) is 0.450. The molecule has 0 radical (unpaired) electrons. The maximum atomic E-state index is 11.7. The minimum absolute atomic E-state index is 0.0319. The number of likely N-dealkylation sites (N-methyl/N-ethyl adjacent to an activating group) is 1. The van der Waals surface area contributed by atoms with Gasteiger partial charge >= 0.3 is 0 Å². The molecule has 1 fully saturated rings. The van der Waals surface area contributed by atoms with Crippen molar-refractivity contribution in [1.29, 1.82) is 0 Å². The minimum atomic E-state index is -0.421. The molecule has 1 amide bonds. The number of ketones is 1. The second kappa shape index (κ2) is 4.05. The molecular weight excluding hydrogens is 218 g/mol. The first-order valence-corrected chi connectivity index (χ1v) is 5.30. The number of likely N-dealkylation sites (tertiary alicyclic amines) is 1. The van der Waals surface area contributed by atoms with Crippen molar-refractivity contribution >= 4 is 17.4 Å². The van der Waals surface area contributed by atoms with Crippen molar-refractivity contribution < 1.29 is 14.7 Å². The lowest BCUT2D eigenvalue weighted by atomic mass is 10.0. The number of benzene rings is 1. The van der Waals surface area contributed by atoms with Gasteiger partial charge in [-0.05, 0) is 12.5 Å². The molecule has 0 unspecified atom stereocenters. The molecule has 0 bridgehead atoms. The number of hydrogen-bond donors (Lipinski definition) is 1. The summed E-state index contributed by atoms with van der Waals surface area (Å²) in [4.78, 5) is 24.7. The normalized spacial score (nSPS) is 18.8. The van der Waals surface area contributed by atoms with Crippen molar-refractivity contribution in [2.45, 2.75) is 6.92 Å². The highest BCUT2D eigenvalue weighted by Crippen LogP contribution is 2.24. The Morgan fingerprint density at radius 3 is 2.47 bits per heavy atom. The van der Waals surface area contributed by atoms with Crippen molar-refractivity contribution in [2.75, 3.05) is 13.6 Å². The number of nitrogens with zero attached hydrogens (tertiary/aromatic N) is 1. The van der Waals surface area contributed by atoms with Gasteiger partial charge in [0.05, 0.1) is 6.54 Å². The number of carbonyl (C=O) groups is 2. The molecular formula is C13H13NO3. The Morgan fingerprint density at radius 2 is 1.94 bits per heavy atom. The molecule has 2 rings (SSSR count). The van der Waals surface area contributed by atoms with E-state index in [0.717, 1.165) is 5.56 Å². The molecule has 1 aliphatic heterocycles. The molecule has 17 heavy (non-hydrogen) atoms. The van der Waals surface area contributed by atoms with Gasteiger partial charge in [-0.15, -0.1) is 0 Å². The Bertz CT molecular complexity index is 531. The van der Waals surface area contributed by atoms with Gasteiger partial charge in [-0.2, -0.15) is 0 Å². The van der Waals surface area contributed by atoms with Crippen LogP contribution in [-0.2, 0) is 9.59 Å². The van der Waals surface area contributed by atoms with Gasteiger partial charge in [-0.3, -0.25) is 9.59 Å². The monoisotopic (exact) mass is 231 g/mol. The first-order chi connectivity index (χ1) is 8.02. The summed E-state index contributed by atoms with van der Waals surface area (Å²) in [7, 11) is 1.54. The Morgan fingerprint density at radius 1 is 1.29 bits per heavy atom. The molecule has 0 aliphatic carbocycles. The van der Waals surface area contributed by atoms with Crippen LogP contribution in [0, 0.1) is 6.92 Å². The molecule has 0 spiro atoms. The van der Waals surface area contributed by atoms with Gasteiger partial charge in [-0.25, -0.2) is 0 Å². The van der Waals surface area contributed by atoms with Crippen LogP contribution >= 0.6 is 0 Å². The molecule has 1 saturated heterocycles. The summed E-state index contributed by atoms with van der Waals surface area (Å²) in [6.07, 6.45) is 0. The summed E-state index contributed by atoms with van der Waals surface area (Å²) < 4.78 is 0. The molecule has 0 aromatic heterocycles. The first-order valence-electron chi connectivity index (χ1n) is 5.30. The fourth-order valence-electron chi connectivity index (χ4n) is 1.88. The summed E-state index contributed by atoms with van der Waals surface area (Å²) >= 11 is 0. The smallest absolute Gasteiger partial charge is 0.261 e. The maximum absolute atomic E-state index is 11.7. The predicted octanol–water partition coefficient (Wildman–Crippen LogP) is 1.31. The average Bonchev–Trinajstić information content (AvgIpc) is 2.53. The third-order valence-electron chi connectivity index (χ3n) is 2.86. The molecule has 4 heteroatoms. The van der Waals surface area contributed by atoms with E-state index in [2.05, 4.69) is 0 Å². The maximum Gasteiger partial charge on any atom is 0.261 e. The fourth-order valence-corrected chi connectivity index (χ4v) is 1.88. The Balaban J connectivity index is 2.56. The van der Waals surface area contributed by atoms with E-state index in [1.54, 1.807) is 19.2 Å². The predicted molar refractivity (Wildman–Crippen MR) is 63.4 cm³/mol. The number of aliphatic hydroxyl groups is 1. The molecule has 1 aliphatic rings. The number of rotatable bonds is 1. The van der Waals surface area contributed by atoms with Gasteiger partial charge in [-0.1, -0.05) is 24.3 Å². The van der Waals surface area contributed by atoms with E-state index in [1.165, 1.54) is 4.90 Å². The van der Waals surface area contributed by atoms with Crippen molar-refractivity contribution in [1.82, 2.24) is 4.90 Å². The molecule has 1 aromatic rings. The van der Waals surface area contributed by atoms with E-state index in [-0.39, 0.29) is 23.7 Å².